The number of benzene rings is 1. The molecule has 32 heavy (non-hydrogen) atoms. The predicted molar refractivity (Wildman–Crippen MR) is 122 cm³/mol. The van der Waals surface area contributed by atoms with E-state index < -0.39 is 10.0 Å². The van der Waals surface area contributed by atoms with Gasteiger partial charge in [0.25, 0.3) is 0 Å². The molecule has 1 aromatic carbocycles. The molecule has 0 radical (unpaired) electrons. The van der Waals surface area contributed by atoms with Crippen LogP contribution in [0.2, 0.25) is 0 Å². The number of furan rings is 1. The van der Waals surface area contributed by atoms with Crippen LogP contribution < -0.4 is 5.32 Å². The van der Waals surface area contributed by atoms with Crippen molar-refractivity contribution in [1.29, 1.82) is 0 Å². The highest BCUT2D eigenvalue weighted by molar-refractivity contribution is 7.99. The number of hydrogen-bond acceptors (Lipinski definition) is 7. The number of rotatable bonds is 8. The molecule has 0 bridgehead atoms. The summed E-state index contributed by atoms with van der Waals surface area (Å²) < 4.78 is 34.3. The molecular formula is C21H25N5O4S2. The first-order chi connectivity index (χ1) is 15.4. The fourth-order valence-electron chi connectivity index (χ4n) is 3.64. The Balaban J connectivity index is 1.42. The van der Waals surface area contributed by atoms with Gasteiger partial charge in [-0.2, -0.15) is 4.31 Å². The summed E-state index contributed by atoms with van der Waals surface area (Å²) in [6.07, 6.45) is 3.35. The van der Waals surface area contributed by atoms with Gasteiger partial charge in [-0.25, -0.2) is 8.42 Å². The maximum absolute atomic E-state index is 12.8. The minimum absolute atomic E-state index is 0.117. The molecule has 1 amide bonds. The Hall–Kier alpha value is -2.63. The van der Waals surface area contributed by atoms with Crippen LogP contribution in [0.5, 0.6) is 0 Å². The van der Waals surface area contributed by atoms with Crippen molar-refractivity contribution in [2.24, 2.45) is 0 Å². The van der Waals surface area contributed by atoms with Gasteiger partial charge in [0.15, 0.2) is 11.0 Å². The highest BCUT2D eigenvalue weighted by Crippen LogP contribution is 2.27. The van der Waals surface area contributed by atoms with Crippen molar-refractivity contribution >= 4 is 33.4 Å². The Labute approximate surface area is 191 Å². The molecule has 4 rings (SSSR count). The number of carbonyl (C=O) groups excluding carboxylic acids is 1. The molecule has 1 N–H and O–H groups in total. The minimum atomic E-state index is -3.54. The first-order valence-electron chi connectivity index (χ1n) is 10.4. The SMILES string of the molecule is CCn1c(SCC(=O)Nc2cccc(S(=O)(=O)N3CCCC3)c2)nnc1-c1ccoc1C. The molecule has 11 heteroatoms. The molecular weight excluding hydrogens is 450 g/mol. The van der Waals surface area contributed by atoms with Crippen LogP contribution in [0.15, 0.2) is 51.1 Å². The van der Waals surface area contributed by atoms with E-state index in [0.29, 0.717) is 36.3 Å². The molecule has 0 unspecified atom stereocenters. The molecule has 1 fully saturated rings. The summed E-state index contributed by atoms with van der Waals surface area (Å²) in [6.45, 7) is 5.57. The van der Waals surface area contributed by atoms with Crippen molar-refractivity contribution < 1.29 is 17.6 Å². The summed E-state index contributed by atoms with van der Waals surface area (Å²) >= 11 is 1.27. The van der Waals surface area contributed by atoms with Crippen molar-refractivity contribution in [2.75, 3.05) is 24.2 Å². The van der Waals surface area contributed by atoms with Crippen molar-refractivity contribution in [2.45, 2.75) is 43.3 Å². The third kappa shape index (κ3) is 4.59. The lowest BCUT2D eigenvalue weighted by Gasteiger charge is -2.16. The van der Waals surface area contributed by atoms with Gasteiger partial charge < -0.3 is 14.3 Å². The highest BCUT2D eigenvalue weighted by Gasteiger charge is 2.27. The number of nitrogens with zero attached hydrogens (tertiary/aromatic N) is 4. The molecule has 0 spiro atoms. The van der Waals surface area contributed by atoms with Crippen LogP contribution >= 0.6 is 11.8 Å². The van der Waals surface area contributed by atoms with E-state index >= 15 is 0 Å². The summed E-state index contributed by atoms with van der Waals surface area (Å²) in [4.78, 5) is 12.7. The Morgan fingerprint density at radius 3 is 2.69 bits per heavy atom. The molecule has 170 valence electrons. The quantitative estimate of drug-likeness (QED) is 0.497. The first kappa shape index (κ1) is 22.6. The molecule has 2 aromatic heterocycles. The van der Waals surface area contributed by atoms with Crippen molar-refractivity contribution in [1.82, 2.24) is 19.1 Å². The second-order valence-corrected chi connectivity index (χ2v) is 10.3. The van der Waals surface area contributed by atoms with Crippen LogP contribution in [0.4, 0.5) is 5.69 Å². The number of thioether (sulfide) groups is 1. The number of aryl methyl sites for hydroxylation is 1. The van der Waals surface area contributed by atoms with Gasteiger partial charge in [-0.3, -0.25) is 4.79 Å². The monoisotopic (exact) mass is 475 g/mol. The molecule has 3 aromatic rings. The largest absolute Gasteiger partial charge is 0.469 e. The van der Waals surface area contributed by atoms with E-state index in [1.807, 2.05) is 24.5 Å². The summed E-state index contributed by atoms with van der Waals surface area (Å²) in [5, 5.41) is 11.9. The van der Waals surface area contributed by atoms with Gasteiger partial charge in [0.05, 0.1) is 22.5 Å². The van der Waals surface area contributed by atoms with Gasteiger partial charge in [0.2, 0.25) is 15.9 Å². The maximum Gasteiger partial charge on any atom is 0.243 e. The van der Waals surface area contributed by atoms with Crippen LogP contribution in [-0.4, -0.2) is 52.2 Å². The molecule has 1 aliphatic rings. The van der Waals surface area contributed by atoms with E-state index in [1.54, 1.807) is 24.5 Å². The number of sulfonamides is 1. The van der Waals surface area contributed by atoms with Gasteiger partial charge in [0.1, 0.15) is 5.76 Å². The zero-order chi connectivity index (χ0) is 22.7. The van der Waals surface area contributed by atoms with Gasteiger partial charge in [0, 0.05) is 25.3 Å². The lowest BCUT2D eigenvalue weighted by atomic mass is 10.2. The number of nitrogens with one attached hydrogen (secondary N) is 1. The Morgan fingerprint density at radius 2 is 2.00 bits per heavy atom. The Bertz CT molecular complexity index is 1210. The van der Waals surface area contributed by atoms with Crippen LogP contribution in [0, 0.1) is 6.92 Å². The highest BCUT2D eigenvalue weighted by atomic mass is 32.2. The summed E-state index contributed by atoms with van der Waals surface area (Å²) in [5.74, 6) is 1.31. The molecule has 1 aliphatic heterocycles. The average molecular weight is 476 g/mol. The van der Waals surface area contributed by atoms with Crippen LogP contribution in [0.25, 0.3) is 11.4 Å². The average Bonchev–Trinajstić information content (AvgIpc) is 3.53. The number of hydrogen-bond donors (Lipinski definition) is 1. The van der Waals surface area contributed by atoms with Gasteiger partial charge in [-0.05, 0) is 51.0 Å². The first-order valence-corrected chi connectivity index (χ1v) is 12.8. The van der Waals surface area contributed by atoms with Gasteiger partial charge in [-0.15, -0.1) is 10.2 Å². The van der Waals surface area contributed by atoms with Crippen molar-refractivity contribution in [3.63, 3.8) is 0 Å². The normalized spacial score (nSPS) is 14.7. The molecule has 1 saturated heterocycles. The molecule has 0 saturated carbocycles. The third-order valence-corrected chi connectivity index (χ3v) is 8.15. The number of carbonyl (C=O) groups is 1. The van der Waals surface area contributed by atoms with Gasteiger partial charge in [-0.1, -0.05) is 17.8 Å². The van der Waals surface area contributed by atoms with Crippen molar-refractivity contribution in [3.8, 4) is 11.4 Å². The van der Waals surface area contributed by atoms with E-state index in [1.165, 1.54) is 22.1 Å². The van der Waals surface area contributed by atoms with E-state index in [-0.39, 0.29) is 16.6 Å². The topological polar surface area (TPSA) is 110 Å². The fourth-order valence-corrected chi connectivity index (χ4v) is 6.00. The van der Waals surface area contributed by atoms with Gasteiger partial charge >= 0.3 is 0 Å². The van der Waals surface area contributed by atoms with E-state index in [9.17, 15) is 13.2 Å². The molecule has 9 nitrogen and oxygen atoms in total. The molecule has 0 atom stereocenters. The summed E-state index contributed by atoms with van der Waals surface area (Å²) in [6, 6.07) is 8.22. The van der Waals surface area contributed by atoms with Crippen LogP contribution in [0.1, 0.15) is 25.5 Å². The Morgan fingerprint density at radius 1 is 1.22 bits per heavy atom. The minimum Gasteiger partial charge on any atom is -0.469 e. The standard InChI is InChI=1S/C21H25N5O4S2/c1-3-26-20(18-9-12-30-15(18)2)23-24-21(26)31-14-19(27)22-16-7-6-8-17(13-16)32(28,29)25-10-4-5-11-25/h6-9,12-13H,3-5,10-11,14H2,1-2H3,(H,22,27). The third-order valence-electron chi connectivity index (χ3n) is 5.29. The fraction of sp³-hybridized carbons (Fsp3) is 0.381. The lowest BCUT2D eigenvalue weighted by Crippen LogP contribution is -2.28. The zero-order valence-electron chi connectivity index (χ0n) is 17.9. The number of amides is 1. The number of aromatic nitrogens is 3. The second-order valence-electron chi connectivity index (χ2n) is 7.42. The smallest absolute Gasteiger partial charge is 0.243 e. The lowest BCUT2D eigenvalue weighted by molar-refractivity contribution is -0.113. The molecule has 0 aliphatic carbocycles. The van der Waals surface area contributed by atoms with Crippen molar-refractivity contribution in [3.05, 3.63) is 42.4 Å². The maximum atomic E-state index is 12.8. The number of anilines is 1. The Kier molecular flexibility index (Phi) is 6.68. The second kappa shape index (κ2) is 9.47. The zero-order valence-corrected chi connectivity index (χ0v) is 19.6. The van der Waals surface area contributed by atoms with E-state index in [4.69, 9.17) is 4.42 Å². The van der Waals surface area contributed by atoms with Crippen LogP contribution in [-0.2, 0) is 21.4 Å². The summed E-state index contributed by atoms with van der Waals surface area (Å²) in [5.41, 5.74) is 1.31. The van der Waals surface area contributed by atoms with E-state index in [2.05, 4.69) is 15.5 Å². The summed E-state index contributed by atoms with van der Waals surface area (Å²) in [7, 11) is -3.54. The van der Waals surface area contributed by atoms with E-state index in [0.717, 1.165) is 24.2 Å². The van der Waals surface area contributed by atoms with Crippen LogP contribution in [0.3, 0.4) is 0 Å². The predicted octanol–water partition coefficient (Wildman–Crippen LogP) is 3.38. The molecule has 3 heterocycles.